The van der Waals surface area contributed by atoms with Crippen molar-refractivity contribution in [3.63, 3.8) is 0 Å². The van der Waals surface area contributed by atoms with E-state index in [1.807, 2.05) is 0 Å². The molecule has 2 unspecified atom stereocenters. The number of phosphoric acid groups is 1. The molecule has 0 aromatic rings. The van der Waals surface area contributed by atoms with Crippen LogP contribution in [0.25, 0.3) is 0 Å². The molecule has 0 heterocycles. The number of phosphoric ester groups is 1. The van der Waals surface area contributed by atoms with Gasteiger partial charge in [-0.15, -0.1) is 0 Å². The summed E-state index contributed by atoms with van der Waals surface area (Å²) in [5, 5.41) is 0. The third-order valence-corrected chi connectivity index (χ3v) is 15.0. The van der Waals surface area contributed by atoms with E-state index in [2.05, 4.69) is 111 Å². The number of unbranched alkanes of at least 4 members (excludes halogenated alkanes) is 32. The highest BCUT2D eigenvalue weighted by atomic mass is 31.2. The Balaban J connectivity index is 3.94. The predicted molar refractivity (Wildman–Crippen MR) is 339 cm³/mol. The second-order valence-corrected chi connectivity index (χ2v) is 23.1. The molecule has 0 fully saturated rings. The van der Waals surface area contributed by atoms with E-state index >= 15 is 0 Å². The summed E-state index contributed by atoms with van der Waals surface area (Å²) in [6.07, 6.45) is 86.2. The lowest BCUT2D eigenvalue weighted by Gasteiger charge is -2.19. The first-order chi connectivity index (χ1) is 38.8. The molecular formula is C69H122NO8P. The second-order valence-electron chi connectivity index (χ2n) is 21.6. The number of esters is 2. The van der Waals surface area contributed by atoms with Crippen molar-refractivity contribution in [3.05, 3.63) is 97.2 Å². The minimum atomic E-state index is -4.40. The molecule has 79 heavy (non-hydrogen) atoms. The highest BCUT2D eigenvalue weighted by Gasteiger charge is 2.26. The summed E-state index contributed by atoms with van der Waals surface area (Å²) in [5.41, 5.74) is 5.39. The number of hydrogen-bond donors (Lipinski definition) is 2. The standard InChI is InChI=1S/C69H122NO8P/c1-3-5-7-9-11-13-15-17-19-21-23-25-27-28-29-30-31-32-33-34-35-36-37-38-40-42-44-46-48-50-52-54-56-58-60-62-69(72)78-67(66-77-79(73,74)76-64-63-70)65-75-68(71)61-59-57-55-53-51-49-47-45-43-41-39-26-24-22-20-18-16-14-12-10-8-6-4-2/h5,7,11,13,17,19,23,25,28-29,31-32,34-35,37-38,67H,3-4,6,8-10,12,14-16,18,20-22,24,26-27,30,33,36,39-66,70H2,1-2H3,(H,73,74)/b7-5-,13-11-,19-17-,25-23-,29-28-,32-31-,35-34-,38-37-. The number of allylic oxidation sites excluding steroid dienone is 16. The normalized spacial score (nSPS) is 13.6. The summed E-state index contributed by atoms with van der Waals surface area (Å²) in [6, 6.07) is 0. The molecule has 0 spiro atoms. The number of carbonyl (C=O) groups excluding carboxylic acids is 2. The quantitative estimate of drug-likeness (QED) is 0.0264. The van der Waals surface area contributed by atoms with Crippen LogP contribution in [0.3, 0.4) is 0 Å². The molecule has 0 aliphatic heterocycles. The molecule has 456 valence electrons. The van der Waals surface area contributed by atoms with Gasteiger partial charge in [0, 0.05) is 19.4 Å². The lowest BCUT2D eigenvalue weighted by molar-refractivity contribution is -0.161. The second kappa shape index (κ2) is 64.1. The van der Waals surface area contributed by atoms with Gasteiger partial charge in [-0.2, -0.15) is 0 Å². The van der Waals surface area contributed by atoms with Crippen molar-refractivity contribution in [2.24, 2.45) is 5.73 Å². The minimum absolute atomic E-state index is 0.0504. The number of ether oxygens (including phenoxy) is 2. The first-order valence-corrected chi connectivity index (χ1v) is 34.2. The molecule has 0 saturated heterocycles. The Labute approximate surface area is 486 Å². The van der Waals surface area contributed by atoms with Gasteiger partial charge >= 0.3 is 19.8 Å². The van der Waals surface area contributed by atoms with Gasteiger partial charge in [0.25, 0.3) is 0 Å². The molecule has 9 nitrogen and oxygen atoms in total. The van der Waals surface area contributed by atoms with Crippen molar-refractivity contribution >= 4 is 19.8 Å². The van der Waals surface area contributed by atoms with Gasteiger partial charge in [-0.25, -0.2) is 4.57 Å². The van der Waals surface area contributed by atoms with Crippen LogP contribution in [0.15, 0.2) is 97.2 Å². The van der Waals surface area contributed by atoms with Gasteiger partial charge in [0.1, 0.15) is 6.61 Å². The Bertz CT molecular complexity index is 1610. The fourth-order valence-electron chi connectivity index (χ4n) is 9.18. The number of rotatable bonds is 61. The molecule has 0 bridgehead atoms. The van der Waals surface area contributed by atoms with Crippen LogP contribution in [0.2, 0.25) is 0 Å². The molecule has 0 saturated carbocycles. The summed E-state index contributed by atoms with van der Waals surface area (Å²) in [7, 11) is -4.40. The smallest absolute Gasteiger partial charge is 0.462 e. The molecule has 2 atom stereocenters. The van der Waals surface area contributed by atoms with Gasteiger partial charge < -0.3 is 20.1 Å². The maximum atomic E-state index is 12.7. The monoisotopic (exact) mass is 1120 g/mol. The van der Waals surface area contributed by atoms with Crippen molar-refractivity contribution in [2.75, 3.05) is 26.4 Å². The van der Waals surface area contributed by atoms with Crippen molar-refractivity contribution in [1.29, 1.82) is 0 Å². The number of carbonyl (C=O) groups is 2. The van der Waals surface area contributed by atoms with E-state index in [4.69, 9.17) is 24.3 Å². The van der Waals surface area contributed by atoms with E-state index < -0.39 is 26.5 Å². The van der Waals surface area contributed by atoms with Crippen LogP contribution in [0.1, 0.15) is 296 Å². The molecule has 0 radical (unpaired) electrons. The Morgan fingerprint density at radius 2 is 0.696 bits per heavy atom. The zero-order chi connectivity index (χ0) is 57.3. The number of nitrogens with two attached hydrogens (primary N) is 1. The zero-order valence-corrected chi connectivity index (χ0v) is 52.0. The molecule has 0 aliphatic carbocycles. The molecule has 0 aromatic heterocycles. The fraction of sp³-hybridized carbons (Fsp3) is 0.739. The Morgan fingerprint density at radius 3 is 1.04 bits per heavy atom. The van der Waals surface area contributed by atoms with E-state index in [0.717, 1.165) is 96.3 Å². The fourth-order valence-corrected chi connectivity index (χ4v) is 9.95. The highest BCUT2D eigenvalue weighted by Crippen LogP contribution is 2.43. The SMILES string of the molecule is CC/C=C\C/C=C\C/C=C\C/C=C\C/C=C\C/C=C\C/C=C\C/C=C\CCCCCCCCCCCCC(=O)OC(COC(=O)CCCCCCCCCCCCCCCCCCCCCCCCC)COP(=O)(O)OCCN. The third-order valence-electron chi connectivity index (χ3n) is 14.0. The summed E-state index contributed by atoms with van der Waals surface area (Å²) in [5.74, 6) is -0.824. The summed E-state index contributed by atoms with van der Waals surface area (Å²) >= 11 is 0. The van der Waals surface area contributed by atoms with E-state index in [0.29, 0.717) is 6.42 Å². The van der Waals surface area contributed by atoms with Crippen LogP contribution in [0, 0.1) is 0 Å². The lowest BCUT2D eigenvalue weighted by atomic mass is 10.0. The third kappa shape index (κ3) is 64.0. The van der Waals surface area contributed by atoms with Gasteiger partial charge in [0.2, 0.25) is 0 Å². The van der Waals surface area contributed by atoms with Crippen molar-refractivity contribution in [3.8, 4) is 0 Å². The average molecular weight is 1120 g/mol. The molecule has 0 amide bonds. The average Bonchev–Trinajstić information content (AvgIpc) is 3.44. The largest absolute Gasteiger partial charge is 0.472 e. The van der Waals surface area contributed by atoms with Crippen molar-refractivity contribution < 1.29 is 37.6 Å². The topological polar surface area (TPSA) is 134 Å². The van der Waals surface area contributed by atoms with Gasteiger partial charge in [0.05, 0.1) is 13.2 Å². The van der Waals surface area contributed by atoms with Crippen LogP contribution >= 0.6 is 7.82 Å². The first-order valence-electron chi connectivity index (χ1n) is 32.7. The first kappa shape index (κ1) is 75.9. The molecule has 0 aromatic carbocycles. The van der Waals surface area contributed by atoms with Gasteiger partial charge in [-0.3, -0.25) is 18.6 Å². The maximum Gasteiger partial charge on any atom is 0.472 e. The van der Waals surface area contributed by atoms with Gasteiger partial charge in [-0.05, 0) is 77.0 Å². The lowest BCUT2D eigenvalue weighted by Crippen LogP contribution is -2.29. The van der Waals surface area contributed by atoms with Crippen LogP contribution < -0.4 is 5.73 Å². The van der Waals surface area contributed by atoms with E-state index in [1.54, 1.807) is 0 Å². The maximum absolute atomic E-state index is 12.7. The van der Waals surface area contributed by atoms with Gasteiger partial charge in [0.15, 0.2) is 6.10 Å². The van der Waals surface area contributed by atoms with E-state index in [1.165, 1.54) is 167 Å². The Morgan fingerprint density at radius 1 is 0.392 bits per heavy atom. The highest BCUT2D eigenvalue weighted by molar-refractivity contribution is 7.47. The van der Waals surface area contributed by atoms with Gasteiger partial charge in [-0.1, -0.05) is 304 Å². The zero-order valence-electron chi connectivity index (χ0n) is 51.1. The Hall–Kier alpha value is -3.07. The van der Waals surface area contributed by atoms with Crippen molar-refractivity contribution in [1.82, 2.24) is 0 Å². The number of hydrogen-bond acceptors (Lipinski definition) is 8. The molecule has 0 aliphatic rings. The van der Waals surface area contributed by atoms with Crippen LogP contribution in [0.4, 0.5) is 0 Å². The summed E-state index contributed by atoms with van der Waals surface area (Å²) in [6.45, 7) is 3.66. The molecule has 0 rings (SSSR count). The summed E-state index contributed by atoms with van der Waals surface area (Å²) < 4.78 is 33.1. The molecule has 3 N–H and O–H groups in total. The van der Waals surface area contributed by atoms with Crippen LogP contribution in [-0.4, -0.2) is 49.3 Å². The van der Waals surface area contributed by atoms with E-state index in [9.17, 15) is 19.0 Å². The minimum Gasteiger partial charge on any atom is -0.462 e. The van der Waals surface area contributed by atoms with Crippen LogP contribution in [-0.2, 0) is 32.7 Å². The van der Waals surface area contributed by atoms with E-state index in [-0.39, 0.29) is 38.6 Å². The molecular weight excluding hydrogens is 1000 g/mol. The van der Waals surface area contributed by atoms with Crippen LogP contribution in [0.5, 0.6) is 0 Å². The summed E-state index contributed by atoms with van der Waals surface area (Å²) in [4.78, 5) is 35.3. The van der Waals surface area contributed by atoms with Crippen molar-refractivity contribution in [2.45, 2.75) is 302 Å². The molecule has 10 heteroatoms. The predicted octanol–water partition coefficient (Wildman–Crippen LogP) is 21.2. The Kier molecular flexibility index (Phi) is 61.6.